The molecule has 8 heteroatoms. The number of aromatic nitrogens is 2. The smallest absolute Gasteiger partial charge is 0.387 e. The van der Waals surface area contributed by atoms with Crippen LogP contribution >= 0.6 is 11.3 Å². The zero-order chi connectivity index (χ0) is 18.8. The fourth-order valence-electron chi connectivity index (χ4n) is 2.45. The Morgan fingerprint density at radius 3 is 2.65 bits per heavy atom. The Kier molecular flexibility index (Phi) is 4.82. The van der Waals surface area contributed by atoms with Crippen LogP contribution in [-0.4, -0.2) is 16.6 Å². The van der Waals surface area contributed by atoms with Gasteiger partial charge in [0.05, 0.1) is 11.0 Å². The summed E-state index contributed by atoms with van der Waals surface area (Å²) < 4.78 is 28.7. The summed E-state index contributed by atoms with van der Waals surface area (Å²) in [4.78, 5) is 20.9. The van der Waals surface area contributed by atoms with E-state index in [0.717, 1.165) is 10.4 Å². The number of fused-ring (bicyclic) bond motifs is 1. The highest BCUT2D eigenvalue weighted by Crippen LogP contribution is 2.27. The number of nitrogens with zero attached hydrogens (tertiary/aromatic N) is 2. The van der Waals surface area contributed by atoms with Crippen LogP contribution in [0.3, 0.4) is 0 Å². The van der Waals surface area contributed by atoms with Crippen molar-refractivity contribution in [2.75, 3.05) is 0 Å². The predicted molar refractivity (Wildman–Crippen MR) is 96.3 cm³/mol. The molecule has 5 nitrogen and oxygen atoms in total. The summed E-state index contributed by atoms with van der Waals surface area (Å²) in [5, 5.41) is 9.97. The molecule has 26 heavy (non-hydrogen) atoms. The largest absolute Gasteiger partial charge is 0.435 e. The number of allylic oxidation sites excluding steroid dienone is 1. The van der Waals surface area contributed by atoms with Crippen LogP contribution in [0.4, 0.5) is 8.78 Å². The number of nitriles is 1. The number of thiophene rings is 1. The fraction of sp³-hybridized carbons (Fsp3) is 0.167. The van der Waals surface area contributed by atoms with Crippen molar-refractivity contribution in [3.63, 3.8) is 0 Å². The molecule has 3 rings (SSSR count). The van der Waals surface area contributed by atoms with Crippen LogP contribution in [0.5, 0.6) is 5.75 Å². The number of ether oxygens (including phenoxy) is 1. The topological polar surface area (TPSA) is 78.8 Å². The van der Waals surface area contributed by atoms with E-state index in [9.17, 15) is 18.8 Å². The first-order chi connectivity index (χ1) is 12.4. The lowest BCUT2D eigenvalue weighted by molar-refractivity contribution is -0.0498. The number of aromatic amines is 1. The SMILES string of the molecule is Cc1sc2nc(/C(C#N)=C/c3ccc(OC(F)F)cc3)[nH]c(=O)c2c1C. The number of alkyl halides is 2. The molecular weight excluding hydrogens is 360 g/mol. The molecule has 0 atom stereocenters. The summed E-state index contributed by atoms with van der Waals surface area (Å²) in [5.41, 5.74) is 1.33. The number of hydrogen-bond acceptors (Lipinski definition) is 5. The Morgan fingerprint density at radius 2 is 2.04 bits per heavy atom. The van der Waals surface area contributed by atoms with Gasteiger partial charge in [0.15, 0.2) is 5.82 Å². The maximum atomic E-state index is 12.3. The van der Waals surface area contributed by atoms with Crippen LogP contribution in [0.15, 0.2) is 29.1 Å². The van der Waals surface area contributed by atoms with E-state index in [2.05, 4.69) is 14.7 Å². The molecule has 3 aromatic rings. The number of halogens is 2. The van der Waals surface area contributed by atoms with E-state index in [-0.39, 0.29) is 22.7 Å². The second kappa shape index (κ2) is 7.06. The van der Waals surface area contributed by atoms with E-state index in [0.29, 0.717) is 15.8 Å². The first kappa shape index (κ1) is 17.8. The Morgan fingerprint density at radius 1 is 1.35 bits per heavy atom. The average Bonchev–Trinajstić information content (AvgIpc) is 2.88. The number of nitrogens with one attached hydrogen (secondary N) is 1. The third-order valence-electron chi connectivity index (χ3n) is 3.83. The van der Waals surface area contributed by atoms with E-state index in [1.54, 1.807) is 0 Å². The lowest BCUT2D eigenvalue weighted by Gasteiger charge is -2.04. The van der Waals surface area contributed by atoms with Gasteiger partial charge in [-0.25, -0.2) is 4.98 Å². The fourth-order valence-corrected chi connectivity index (χ4v) is 3.48. The van der Waals surface area contributed by atoms with Crippen molar-refractivity contribution in [1.29, 1.82) is 5.26 Å². The minimum absolute atomic E-state index is 0.0214. The van der Waals surface area contributed by atoms with Gasteiger partial charge in [0.2, 0.25) is 0 Å². The molecule has 0 aliphatic rings. The number of hydrogen-bond donors (Lipinski definition) is 1. The normalized spacial score (nSPS) is 11.8. The monoisotopic (exact) mass is 373 g/mol. The standard InChI is InChI=1S/C18H13F2N3O2S/c1-9-10(2)26-17-14(9)16(24)22-15(23-17)12(8-21)7-11-3-5-13(6-4-11)25-18(19)20/h3-7,18H,1-2H3,(H,22,23,24)/b12-7+. The van der Waals surface area contributed by atoms with Crippen LogP contribution in [0, 0.1) is 25.2 Å². The molecule has 0 fully saturated rings. The zero-order valence-corrected chi connectivity index (χ0v) is 14.7. The van der Waals surface area contributed by atoms with Gasteiger partial charge in [0, 0.05) is 4.88 Å². The van der Waals surface area contributed by atoms with E-state index < -0.39 is 6.61 Å². The molecule has 132 valence electrons. The summed E-state index contributed by atoms with van der Waals surface area (Å²) >= 11 is 1.39. The molecule has 0 saturated carbocycles. The van der Waals surface area contributed by atoms with Gasteiger partial charge in [-0.3, -0.25) is 4.79 Å². The minimum Gasteiger partial charge on any atom is -0.435 e. The first-order valence-corrected chi connectivity index (χ1v) is 8.37. The summed E-state index contributed by atoms with van der Waals surface area (Å²) in [5.74, 6) is 0.187. The average molecular weight is 373 g/mol. The van der Waals surface area contributed by atoms with Gasteiger partial charge in [-0.05, 0) is 43.2 Å². The van der Waals surface area contributed by atoms with Gasteiger partial charge in [0.1, 0.15) is 16.6 Å². The van der Waals surface area contributed by atoms with Gasteiger partial charge in [-0.15, -0.1) is 11.3 Å². The summed E-state index contributed by atoms with van der Waals surface area (Å²) in [6.45, 7) is 0.865. The van der Waals surface area contributed by atoms with Crippen LogP contribution in [0.1, 0.15) is 21.8 Å². The quantitative estimate of drug-likeness (QED) is 0.693. The lowest BCUT2D eigenvalue weighted by atomic mass is 10.1. The molecule has 0 radical (unpaired) electrons. The van der Waals surface area contributed by atoms with Gasteiger partial charge in [0.25, 0.3) is 5.56 Å². The maximum Gasteiger partial charge on any atom is 0.387 e. The van der Waals surface area contributed by atoms with Gasteiger partial charge in [-0.1, -0.05) is 12.1 Å². The predicted octanol–water partition coefficient (Wildman–Crippen LogP) is 4.27. The third kappa shape index (κ3) is 3.48. The Labute approximate surface area is 151 Å². The van der Waals surface area contributed by atoms with Gasteiger partial charge < -0.3 is 9.72 Å². The first-order valence-electron chi connectivity index (χ1n) is 7.56. The van der Waals surface area contributed by atoms with E-state index in [1.807, 2.05) is 19.9 Å². The minimum atomic E-state index is -2.90. The Bertz CT molecular complexity index is 1090. The second-order valence-electron chi connectivity index (χ2n) is 5.50. The van der Waals surface area contributed by atoms with Crippen molar-refractivity contribution in [2.45, 2.75) is 20.5 Å². The number of benzene rings is 1. The Hall–Kier alpha value is -3.05. The van der Waals surface area contributed by atoms with E-state index in [4.69, 9.17) is 0 Å². The van der Waals surface area contributed by atoms with Crippen molar-refractivity contribution in [3.05, 3.63) is 56.4 Å². The molecule has 1 N–H and O–H groups in total. The molecule has 0 aliphatic heterocycles. The third-order valence-corrected chi connectivity index (χ3v) is 4.93. The zero-order valence-electron chi connectivity index (χ0n) is 13.8. The van der Waals surface area contributed by atoms with Gasteiger partial charge >= 0.3 is 6.61 Å². The second-order valence-corrected chi connectivity index (χ2v) is 6.70. The van der Waals surface area contributed by atoms with Crippen LogP contribution in [-0.2, 0) is 0 Å². The molecule has 2 aromatic heterocycles. The van der Waals surface area contributed by atoms with Crippen molar-refractivity contribution in [1.82, 2.24) is 9.97 Å². The molecule has 0 aliphatic carbocycles. The molecule has 2 heterocycles. The number of rotatable bonds is 4. The molecule has 0 spiro atoms. The molecule has 0 unspecified atom stereocenters. The lowest BCUT2D eigenvalue weighted by Crippen LogP contribution is -2.10. The molecule has 1 aromatic carbocycles. The maximum absolute atomic E-state index is 12.3. The van der Waals surface area contributed by atoms with E-state index in [1.165, 1.54) is 41.7 Å². The highest BCUT2D eigenvalue weighted by Gasteiger charge is 2.14. The molecule has 0 saturated heterocycles. The van der Waals surface area contributed by atoms with Crippen molar-refractivity contribution in [2.24, 2.45) is 0 Å². The van der Waals surface area contributed by atoms with Crippen LogP contribution in [0.2, 0.25) is 0 Å². The van der Waals surface area contributed by atoms with Gasteiger partial charge in [-0.2, -0.15) is 14.0 Å². The van der Waals surface area contributed by atoms with Crippen LogP contribution in [0.25, 0.3) is 21.9 Å². The summed E-state index contributed by atoms with van der Waals surface area (Å²) in [6.07, 6.45) is 1.52. The molecule has 0 bridgehead atoms. The summed E-state index contributed by atoms with van der Waals surface area (Å²) in [6, 6.07) is 7.82. The van der Waals surface area contributed by atoms with Crippen molar-refractivity contribution in [3.8, 4) is 11.8 Å². The molecule has 0 amide bonds. The molecular formula is C18H13F2N3O2S. The van der Waals surface area contributed by atoms with Crippen molar-refractivity contribution >= 4 is 33.2 Å². The van der Waals surface area contributed by atoms with E-state index >= 15 is 0 Å². The highest BCUT2D eigenvalue weighted by molar-refractivity contribution is 7.18. The number of H-pyrrole nitrogens is 1. The summed E-state index contributed by atoms with van der Waals surface area (Å²) in [7, 11) is 0. The number of aryl methyl sites for hydroxylation is 2. The van der Waals surface area contributed by atoms with Crippen LogP contribution < -0.4 is 10.3 Å². The Balaban J connectivity index is 2.01. The highest BCUT2D eigenvalue weighted by atomic mass is 32.1. The van der Waals surface area contributed by atoms with Crippen molar-refractivity contribution < 1.29 is 13.5 Å².